The van der Waals surface area contributed by atoms with Crippen molar-refractivity contribution in [1.82, 2.24) is 15.1 Å². The van der Waals surface area contributed by atoms with Gasteiger partial charge in [0.2, 0.25) is 0 Å². The van der Waals surface area contributed by atoms with Gasteiger partial charge in [-0.2, -0.15) is 0 Å². The van der Waals surface area contributed by atoms with Gasteiger partial charge in [0.25, 0.3) is 0 Å². The van der Waals surface area contributed by atoms with E-state index in [1.165, 1.54) is 6.07 Å². The molecule has 21 heavy (non-hydrogen) atoms. The van der Waals surface area contributed by atoms with Crippen LogP contribution in [0.3, 0.4) is 0 Å². The fourth-order valence-corrected chi connectivity index (χ4v) is 2.73. The second kappa shape index (κ2) is 7.73. The van der Waals surface area contributed by atoms with Crippen LogP contribution in [0.1, 0.15) is 18.5 Å². The van der Waals surface area contributed by atoms with Crippen molar-refractivity contribution in [3.05, 3.63) is 29.6 Å². The number of halogens is 1. The van der Waals surface area contributed by atoms with Gasteiger partial charge in [-0.05, 0) is 26.1 Å². The molecule has 1 saturated heterocycles. The predicted octanol–water partition coefficient (Wildman–Crippen LogP) is 1.73. The third-order valence-electron chi connectivity index (χ3n) is 4.14. The van der Waals surface area contributed by atoms with Crippen LogP contribution < -0.4 is 10.1 Å². The van der Waals surface area contributed by atoms with Crippen LogP contribution in [-0.2, 0) is 0 Å². The molecule has 0 aromatic heterocycles. The van der Waals surface area contributed by atoms with Gasteiger partial charge in [-0.3, -0.25) is 4.90 Å². The van der Waals surface area contributed by atoms with Crippen molar-refractivity contribution in [2.24, 2.45) is 0 Å². The second-order valence-electron chi connectivity index (χ2n) is 5.68. The Kier molecular flexibility index (Phi) is 5.96. The van der Waals surface area contributed by atoms with Crippen molar-refractivity contribution in [3.63, 3.8) is 0 Å². The molecule has 1 N–H and O–H groups in total. The van der Waals surface area contributed by atoms with Crippen molar-refractivity contribution in [1.29, 1.82) is 0 Å². The maximum atomic E-state index is 14.0. The molecule has 0 spiro atoms. The molecule has 5 heteroatoms. The Bertz CT molecular complexity index is 447. The number of nitrogens with one attached hydrogen (secondary N) is 1. The Labute approximate surface area is 126 Å². The van der Waals surface area contributed by atoms with Crippen molar-refractivity contribution in [3.8, 4) is 5.75 Å². The molecule has 1 aromatic rings. The number of hydrogen-bond acceptors (Lipinski definition) is 4. The van der Waals surface area contributed by atoms with Crippen LogP contribution in [0.15, 0.2) is 18.2 Å². The monoisotopic (exact) mass is 295 g/mol. The minimum absolute atomic E-state index is 0.0615. The molecule has 2 rings (SSSR count). The third kappa shape index (κ3) is 4.40. The van der Waals surface area contributed by atoms with Crippen LogP contribution in [0.25, 0.3) is 0 Å². The van der Waals surface area contributed by atoms with E-state index in [0.717, 1.165) is 39.3 Å². The van der Waals surface area contributed by atoms with E-state index in [1.54, 1.807) is 19.2 Å². The first kappa shape index (κ1) is 16.2. The van der Waals surface area contributed by atoms with Gasteiger partial charge in [0.15, 0.2) is 0 Å². The van der Waals surface area contributed by atoms with Crippen molar-refractivity contribution in [2.75, 3.05) is 53.4 Å². The molecule has 1 fully saturated rings. The lowest BCUT2D eigenvalue weighted by molar-refractivity contribution is 0.154. The first-order valence-corrected chi connectivity index (χ1v) is 7.58. The zero-order valence-electron chi connectivity index (χ0n) is 13.2. The number of nitrogens with zero attached hydrogens (tertiary/aromatic N) is 2. The molecule has 1 heterocycles. The summed E-state index contributed by atoms with van der Waals surface area (Å²) in [6.45, 7) is 8.28. The molecule has 4 nitrogen and oxygen atoms in total. The second-order valence-corrected chi connectivity index (χ2v) is 5.68. The van der Waals surface area contributed by atoms with E-state index in [9.17, 15) is 4.39 Å². The Morgan fingerprint density at radius 2 is 2.00 bits per heavy atom. The number of piperazine rings is 1. The summed E-state index contributed by atoms with van der Waals surface area (Å²) in [6.07, 6.45) is 0. The van der Waals surface area contributed by atoms with E-state index in [-0.39, 0.29) is 11.9 Å². The lowest BCUT2D eigenvalue weighted by Gasteiger charge is -2.32. The van der Waals surface area contributed by atoms with Gasteiger partial charge in [-0.15, -0.1) is 0 Å². The summed E-state index contributed by atoms with van der Waals surface area (Å²) < 4.78 is 19.2. The molecular formula is C16H26FN3O. The Morgan fingerprint density at radius 1 is 1.29 bits per heavy atom. The lowest BCUT2D eigenvalue weighted by atomic mass is 10.1. The zero-order valence-corrected chi connectivity index (χ0v) is 13.2. The van der Waals surface area contributed by atoms with Gasteiger partial charge in [0, 0.05) is 50.9 Å². The van der Waals surface area contributed by atoms with E-state index in [4.69, 9.17) is 4.74 Å². The topological polar surface area (TPSA) is 27.7 Å². The number of likely N-dealkylation sites (N-methyl/N-ethyl adjacent to an activating group) is 1. The summed E-state index contributed by atoms with van der Waals surface area (Å²) >= 11 is 0. The summed E-state index contributed by atoms with van der Waals surface area (Å²) in [5.74, 6) is 0.392. The molecular weight excluding hydrogens is 269 g/mol. The van der Waals surface area contributed by atoms with Crippen LogP contribution in [0, 0.1) is 5.82 Å². The summed E-state index contributed by atoms with van der Waals surface area (Å²) in [4.78, 5) is 4.79. The molecule has 0 saturated carbocycles. The number of hydrogen-bond donors (Lipinski definition) is 1. The first-order chi connectivity index (χ1) is 10.1. The van der Waals surface area contributed by atoms with Crippen LogP contribution in [0.5, 0.6) is 5.75 Å². The van der Waals surface area contributed by atoms with E-state index in [2.05, 4.69) is 22.2 Å². The molecule has 1 aliphatic rings. The summed E-state index contributed by atoms with van der Waals surface area (Å²) in [5, 5.41) is 3.40. The summed E-state index contributed by atoms with van der Waals surface area (Å²) in [5.41, 5.74) is 0.610. The van der Waals surface area contributed by atoms with E-state index in [1.807, 2.05) is 6.92 Å². The van der Waals surface area contributed by atoms with Crippen LogP contribution in [0.4, 0.5) is 4.39 Å². The molecule has 1 atom stereocenters. The maximum absolute atomic E-state index is 14.0. The molecule has 1 unspecified atom stereocenters. The normalized spacial score (nSPS) is 18.7. The summed E-state index contributed by atoms with van der Waals surface area (Å²) in [7, 11) is 3.73. The first-order valence-electron chi connectivity index (χ1n) is 7.58. The Hall–Kier alpha value is -1.17. The minimum Gasteiger partial charge on any atom is -0.496 e. The minimum atomic E-state index is -0.214. The van der Waals surface area contributed by atoms with Crippen molar-refractivity contribution in [2.45, 2.75) is 13.0 Å². The fourth-order valence-electron chi connectivity index (χ4n) is 2.73. The highest BCUT2D eigenvalue weighted by Crippen LogP contribution is 2.27. The molecule has 0 amide bonds. The van der Waals surface area contributed by atoms with Gasteiger partial charge >= 0.3 is 0 Å². The van der Waals surface area contributed by atoms with Gasteiger partial charge in [-0.1, -0.05) is 6.07 Å². The van der Waals surface area contributed by atoms with E-state index < -0.39 is 0 Å². The van der Waals surface area contributed by atoms with Gasteiger partial charge in [0.1, 0.15) is 11.6 Å². The highest BCUT2D eigenvalue weighted by atomic mass is 19.1. The quantitative estimate of drug-likeness (QED) is 0.865. The van der Waals surface area contributed by atoms with Crippen LogP contribution in [0.2, 0.25) is 0 Å². The SMILES string of the molecule is COc1cccc(F)c1C(C)NCCN1CCN(C)CC1. The van der Waals surface area contributed by atoms with Crippen LogP contribution in [-0.4, -0.2) is 63.2 Å². The van der Waals surface area contributed by atoms with E-state index >= 15 is 0 Å². The fraction of sp³-hybridized carbons (Fsp3) is 0.625. The zero-order chi connectivity index (χ0) is 15.2. The molecule has 118 valence electrons. The highest BCUT2D eigenvalue weighted by Gasteiger charge is 2.17. The molecule has 0 aliphatic carbocycles. The predicted molar refractivity (Wildman–Crippen MR) is 83.3 cm³/mol. The summed E-state index contributed by atoms with van der Waals surface area (Å²) in [6, 6.07) is 4.90. The molecule has 1 aliphatic heterocycles. The molecule has 1 aromatic carbocycles. The molecule has 0 bridgehead atoms. The molecule has 0 radical (unpaired) electrons. The van der Waals surface area contributed by atoms with Gasteiger partial charge in [0.05, 0.1) is 7.11 Å². The lowest BCUT2D eigenvalue weighted by Crippen LogP contribution is -2.46. The number of methoxy groups -OCH3 is 1. The van der Waals surface area contributed by atoms with Crippen LogP contribution >= 0.6 is 0 Å². The maximum Gasteiger partial charge on any atom is 0.131 e. The third-order valence-corrected chi connectivity index (χ3v) is 4.14. The number of ether oxygens (including phenoxy) is 1. The van der Waals surface area contributed by atoms with Gasteiger partial charge in [-0.25, -0.2) is 4.39 Å². The van der Waals surface area contributed by atoms with Gasteiger partial charge < -0.3 is 15.0 Å². The highest BCUT2D eigenvalue weighted by molar-refractivity contribution is 5.36. The van der Waals surface area contributed by atoms with Crippen molar-refractivity contribution >= 4 is 0 Å². The number of rotatable bonds is 6. The Morgan fingerprint density at radius 3 is 2.67 bits per heavy atom. The largest absolute Gasteiger partial charge is 0.496 e. The average molecular weight is 295 g/mol. The smallest absolute Gasteiger partial charge is 0.131 e. The Balaban J connectivity index is 1.83. The number of benzene rings is 1. The van der Waals surface area contributed by atoms with Crippen molar-refractivity contribution < 1.29 is 9.13 Å². The van der Waals surface area contributed by atoms with E-state index in [0.29, 0.717) is 11.3 Å². The average Bonchev–Trinajstić information content (AvgIpc) is 2.48. The standard InChI is InChI=1S/C16H26FN3O/c1-13(16-14(17)5-4-6-15(16)21-3)18-7-8-20-11-9-19(2)10-12-20/h4-6,13,18H,7-12H2,1-3H3.